The van der Waals surface area contributed by atoms with Crippen LogP contribution in [0.5, 0.6) is 0 Å². The number of aryl methyl sites for hydroxylation is 1. The average molecular weight is 244 g/mol. The van der Waals surface area contributed by atoms with E-state index in [9.17, 15) is 0 Å². The number of allylic oxidation sites excluding steroid dienone is 2. The van der Waals surface area contributed by atoms with E-state index in [0.29, 0.717) is 13.2 Å². The molecule has 1 heterocycles. The monoisotopic (exact) mass is 244 g/mol. The second-order valence-corrected chi connectivity index (χ2v) is 4.51. The van der Waals surface area contributed by atoms with E-state index in [1.165, 1.54) is 11.1 Å². The van der Waals surface area contributed by atoms with Gasteiger partial charge in [0.25, 0.3) is 0 Å². The van der Waals surface area contributed by atoms with Gasteiger partial charge in [-0.2, -0.15) is 0 Å². The topological polar surface area (TPSA) is 38.5 Å². The number of ether oxygens (including phenoxy) is 1. The second-order valence-electron chi connectivity index (χ2n) is 4.51. The van der Waals surface area contributed by atoms with E-state index in [1.807, 2.05) is 18.4 Å². The molecular formula is C15H20N2O. The molecule has 2 rings (SSSR count). The Balaban J connectivity index is 1.85. The van der Waals surface area contributed by atoms with Gasteiger partial charge >= 0.3 is 0 Å². The van der Waals surface area contributed by atoms with Crippen LogP contribution in [0.15, 0.2) is 48.4 Å². The zero-order valence-electron chi connectivity index (χ0n) is 10.8. The fourth-order valence-electron chi connectivity index (χ4n) is 1.85. The van der Waals surface area contributed by atoms with Gasteiger partial charge in [-0.15, -0.1) is 0 Å². The lowest BCUT2D eigenvalue weighted by molar-refractivity contribution is 0.172. The molecule has 2 N–H and O–H groups in total. The molecule has 1 aliphatic heterocycles. The fraction of sp³-hybridized carbons (Fsp3) is 0.333. The van der Waals surface area contributed by atoms with Crippen molar-refractivity contribution < 1.29 is 4.74 Å². The third-order valence-corrected chi connectivity index (χ3v) is 2.90. The van der Waals surface area contributed by atoms with E-state index in [4.69, 9.17) is 10.5 Å². The van der Waals surface area contributed by atoms with Crippen LogP contribution < -0.4 is 5.73 Å². The van der Waals surface area contributed by atoms with Gasteiger partial charge in [0.2, 0.25) is 0 Å². The molecule has 0 bridgehead atoms. The van der Waals surface area contributed by atoms with Crippen LogP contribution in [-0.2, 0) is 11.3 Å². The van der Waals surface area contributed by atoms with Gasteiger partial charge in [0, 0.05) is 13.1 Å². The Hall–Kier alpha value is -1.74. The highest BCUT2D eigenvalue weighted by Crippen LogP contribution is 2.12. The summed E-state index contributed by atoms with van der Waals surface area (Å²) < 4.78 is 5.81. The molecule has 0 saturated heterocycles. The maximum Gasteiger partial charge on any atom is 0.116 e. The third kappa shape index (κ3) is 3.64. The summed E-state index contributed by atoms with van der Waals surface area (Å²) in [5.41, 5.74) is 8.01. The first-order chi connectivity index (χ1) is 8.78. The Labute approximate surface area is 109 Å². The molecule has 0 fully saturated rings. The number of hydrogen-bond acceptors (Lipinski definition) is 3. The minimum Gasteiger partial charge on any atom is -0.491 e. The molecule has 3 heteroatoms. The number of hydrogen-bond donors (Lipinski definition) is 1. The molecule has 0 spiro atoms. The lowest BCUT2D eigenvalue weighted by atomic mass is 10.2. The maximum atomic E-state index is 5.81. The fourth-order valence-corrected chi connectivity index (χ4v) is 1.85. The number of nitrogens with zero attached hydrogens (tertiary/aromatic N) is 1. The molecule has 0 atom stereocenters. The molecule has 3 nitrogen and oxygen atoms in total. The Bertz CT molecular complexity index is 434. The third-order valence-electron chi connectivity index (χ3n) is 2.90. The van der Waals surface area contributed by atoms with E-state index in [0.717, 1.165) is 18.8 Å². The molecule has 0 radical (unpaired) electrons. The summed E-state index contributed by atoms with van der Waals surface area (Å²) in [5.74, 6) is 0.992. The molecule has 18 heavy (non-hydrogen) atoms. The van der Waals surface area contributed by atoms with Crippen LogP contribution >= 0.6 is 0 Å². The number of benzene rings is 1. The van der Waals surface area contributed by atoms with Crippen molar-refractivity contribution in [3.63, 3.8) is 0 Å². The Morgan fingerprint density at radius 3 is 2.78 bits per heavy atom. The predicted octanol–water partition coefficient (Wildman–Crippen LogP) is 2.18. The molecule has 0 aromatic heterocycles. The first-order valence-corrected chi connectivity index (χ1v) is 6.28. The standard InChI is InChI=1S/C15H20N2O/c1-13-4-6-14(7-5-13)12-18-15-3-2-9-17(11-15)10-8-16/h2-7,9H,8,10-12,16H2,1H3. The van der Waals surface area contributed by atoms with Crippen molar-refractivity contribution in [2.24, 2.45) is 5.73 Å². The minimum absolute atomic E-state index is 0.621. The smallest absolute Gasteiger partial charge is 0.116 e. The van der Waals surface area contributed by atoms with E-state index < -0.39 is 0 Å². The van der Waals surface area contributed by atoms with Crippen LogP contribution in [0.1, 0.15) is 11.1 Å². The van der Waals surface area contributed by atoms with Gasteiger partial charge in [0.15, 0.2) is 0 Å². The van der Waals surface area contributed by atoms with Crippen LogP contribution in [0.25, 0.3) is 0 Å². The van der Waals surface area contributed by atoms with E-state index in [2.05, 4.69) is 36.1 Å². The lowest BCUT2D eigenvalue weighted by Gasteiger charge is -2.24. The molecule has 96 valence electrons. The van der Waals surface area contributed by atoms with E-state index in [-0.39, 0.29) is 0 Å². The van der Waals surface area contributed by atoms with Gasteiger partial charge in [0.05, 0.1) is 6.54 Å². The van der Waals surface area contributed by atoms with Gasteiger partial charge in [-0.1, -0.05) is 29.8 Å². The van der Waals surface area contributed by atoms with Crippen molar-refractivity contribution in [2.45, 2.75) is 13.5 Å². The Morgan fingerprint density at radius 1 is 1.28 bits per heavy atom. The van der Waals surface area contributed by atoms with Crippen LogP contribution in [0.3, 0.4) is 0 Å². The van der Waals surface area contributed by atoms with Gasteiger partial charge in [-0.05, 0) is 30.8 Å². The van der Waals surface area contributed by atoms with E-state index >= 15 is 0 Å². The summed E-state index contributed by atoms with van der Waals surface area (Å²) in [6.45, 7) is 5.04. The van der Waals surface area contributed by atoms with E-state index in [1.54, 1.807) is 0 Å². The summed E-state index contributed by atoms with van der Waals surface area (Å²) >= 11 is 0. The summed E-state index contributed by atoms with van der Waals surface area (Å²) in [6, 6.07) is 8.42. The van der Waals surface area contributed by atoms with Gasteiger partial charge in [0.1, 0.15) is 12.4 Å². The second kappa shape index (κ2) is 6.26. The molecule has 1 aliphatic rings. The number of rotatable bonds is 5. The molecule has 0 amide bonds. The molecule has 1 aromatic rings. The summed E-state index contributed by atoms with van der Waals surface area (Å²) in [6.07, 6.45) is 6.07. The summed E-state index contributed by atoms with van der Waals surface area (Å²) in [7, 11) is 0. The SMILES string of the molecule is Cc1ccc(COC2=CC=CN(CCN)C2)cc1. The van der Waals surface area contributed by atoms with Crippen LogP contribution in [-0.4, -0.2) is 24.5 Å². The van der Waals surface area contributed by atoms with Crippen LogP contribution in [0.2, 0.25) is 0 Å². The first-order valence-electron chi connectivity index (χ1n) is 6.28. The zero-order valence-corrected chi connectivity index (χ0v) is 10.8. The van der Waals surface area contributed by atoms with Gasteiger partial charge in [-0.25, -0.2) is 0 Å². The lowest BCUT2D eigenvalue weighted by Crippen LogP contribution is -2.28. The Kier molecular flexibility index (Phi) is 4.42. The number of nitrogens with two attached hydrogens (primary N) is 1. The Morgan fingerprint density at radius 2 is 2.06 bits per heavy atom. The van der Waals surface area contributed by atoms with Crippen molar-refractivity contribution in [3.05, 3.63) is 59.5 Å². The minimum atomic E-state index is 0.621. The highest BCUT2D eigenvalue weighted by molar-refractivity contribution is 5.21. The predicted molar refractivity (Wildman–Crippen MR) is 73.8 cm³/mol. The molecular weight excluding hydrogens is 224 g/mol. The van der Waals surface area contributed by atoms with Crippen molar-refractivity contribution in [1.82, 2.24) is 4.90 Å². The highest BCUT2D eigenvalue weighted by Gasteiger charge is 2.07. The zero-order chi connectivity index (χ0) is 12.8. The van der Waals surface area contributed by atoms with Crippen molar-refractivity contribution in [3.8, 4) is 0 Å². The summed E-state index contributed by atoms with van der Waals surface area (Å²) in [4.78, 5) is 2.16. The molecule has 1 aromatic carbocycles. The van der Waals surface area contributed by atoms with Gasteiger partial charge < -0.3 is 15.4 Å². The quantitative estimate of drug-likeness (QED) is 0.863. The summed E-state index contributed by atoms with van der Waals surface area (Å²) in [5, 5.41) is 0. The molecule has 0 saturated carbocycles. The van der Waals surface area contributed by atoms with Crippen LogP contribution in [0, 0.1) is 6.92 Å². The van der Waals surface area contributed by atoms with Gasteiger partial charge in [-0.3, -0.25) is 0 Å². The van der Waals surface area contributed by atoms with Crippen LogP contribution in [0.4, 0.5) is 0 Å². The largest absolute Gasteiger partial charge is 0.491 e. The highest BCUT2D eigenvalue weighted by atomic mass is 16.5. The first kappa shape index (κ1) is 12.7. The molecule has 0 unspecified atom stereocenters. The maximum absolute atomic E-state index is 5.81. The van der Waals surface area contributed by atoms with Crippen molar-refractivity contribution >= 4 is 0 Å². The molecule has 0 aliphatic carbocycles. The normalized spacial score (nSPS) is 14.6. The van der Waals surface area contributed by atoms with Crippen molar-refractivity contribution in [2.75, 3.05) is 19.6 Å². The average Bonchev–Trinajstić information content (AvgIpc) is 2.39. The van der Waals surface area contributed by atoms with Crippen molar-refractivity contribution in [1.29, 1.82) is 0 Å².